The highest BCUT2D eigenvalue weighted by molar-refractivity contribution is 5.72. The standard InChI is InChI=1S/C17H21N5O2/c1-12-5-4-6-13(9-12)24-8-7-21(2)11-15-19-16-14(17(23)20-15)10-18-22(16)3/h4-6,9-10H,7-8,11H2,1-3H3,(H,19,20,23). The lowest BCUT2D eigenvalue weighted by atomic mass is 10.2. The Bertz CT molecular complexity index is 899. The van der Waals surface area contributed by atoms with Gasteiger partial charge in [-0.3, -0.25) is 14.4 Å². The largest absolute Gasteiger partial charge is 0.492 e. The van der Waals surface area contributed by atoms with Gasteiger partial charge in [-0.2, -0.15) is 5.10 Å². The second-order valence-electron chi connectivity index (χ2n) is 5.92. The Morgan fingerprint density at radius 2 is 2.21 bits per heavy atom. The van der Waals surface area contributed by atoms with Crippen molar-refractivity contribution in [3.8, 4) is 5.75 Å². The lowest BCUT2D eigenvalue weighted by molar-refractivity contribution is 0.229. The number of fused-ring (bicyclic) bond motifs is 1. The minimum absolute atomic E-state index is 0.160. The van der Waals surface area contributed by atoms with Crippen molar-refractivity contribution >= 4 is 11.0 Å². The number of nitrogens with zero attached hydrogens (tertiary/aromatic N) is 4. The van der Waals surface area contributed by atoms with E-state index in [9.17, 15) is 4.79 Å². The van der Waals surface area contributed by atoms with Gasteiger partial charge in [0.05, 0.1) is 12.7 Å². The average Bonchev–Trinajstić information content (AvgIpc) is 2.89. The van der Waals surface area contributed by atoms with Crippen molar-refractivity contribution in [3.05, 3.63) is 52.2 Å². The van der Waals surface area contributed by atoms with Crippen LogP contribution < -0.4 is 10.3 Å². The average molecular weight is 327 g/mol. The van der Waals surface area contributed by atoms with Crippen LogP contribution >= 0.6 is 0 Å². The Kier molecular flexibility index (Phi) is 4.61. The van der Waals surface area contributed by atoms with Crippen molar-refractivity contribution in [1.29, 1.82) is 0 Å². The van der Waals surface area contributed by atoms with E-state index in [1.54, 1.807) is 11.7 Å². The van der Waals surface area contributed by atoms with Crippen molar-refractivity contribution < 1.29 is 4.74 Å². The van der Waals surface area contributed by atoms with Crippen molar-refractivity contribution in [2.24, 2.45) is 7.05 Å². The topological polar surface area (TPSA) is 76.0 Å². The lowest BCUT2D eigenvalue weighted by Crippen LogP contribution is -2.26. The first-order valence-corrected chi connectivity index (χ1v) is 7.82. The smallest absolute Gasteiger partial charge is 0.262 e. The van der Waals surface area contributed by atoms with Crippen LogP contribution in [0.5, 0.6) is 5.75 Å². The summed E-state index contributed by atoms with van der Waals surface area (Å²) in [5.41, 5.74) is 1.61. The number of aryl methyl sites for hydroxylation is 2. The molecule has 0 aliphatic carbocycles. The van der Waals surface area contributed by atoms with Gasteiger partial charge in [-0.1, -0.05) is 12.1 Å². The number of hydrogen-bond acceptors (Lipinski definition) is 5. The number of benzene rings is 1. The molecule has 0 saturated heterocycles. The summed E-state index contributed by atoms with van der Waals surface area (Å²) < 4.78 is 7.35. The van der Waals surface area contributed by atoms with E-state index in [1.165, 1.54) is 11.8 Å². The van der Waals surface area contributed by atoms with Gasteiger partial charge < -0.3 is 9.72 Å². The van der Waals surface area contributed by atoms with Crippen LogP contribution in [-0.4, -0.2) is 44.8 Å². The van der Waals surface area contributed by atoms with Gasteiger partial charge in [0.2, 0.25) is 0 Å². The Morgan fingerprint density at radius 1 is 1.38 bits per heavy atom. The van der Waals surface area contributed by atoms with Crippen LogP contribution in [0.25, 0.3) is 11.0 Å². The molecule has 3 rings (SSSR count). The molecular weight excluding hydrogens is 306 g/mol. The molecule has 0 atom stereocenters. The SMILES string of the molecule is Cc1cccc(OCCN(C)Cc2nc3c(cnn3C)c(=O)[nH]2)c1. The van der Waals surface area contributed by atoms with E-state index in [-0.39, 0.29) is 5.56 Å². The predicted octanol–water partition coefficient (Wildman–Crippen LogP) is 1.48. The molecule has 0 aliphatic rings. The first kappa shape index (κ1) is 16.2. The molecule has 0 amide bonds. The molecule has 2 aromatic heterocycles. The molecule has 126 valence electrons. The second-order valence-corrected chi connectivity index (χ2v) is 5.92. The molecule has 0 spiro atoms. The quantitative estimate of drug-likeness (QED) is 0.742. The number of aromatic amines is 1. The fraction of sp³-hybridized carbons (Fsp3) is 0.353. The zero-order valence-corrected chi connectivity index (χ0v) is 14.1. The van der Waals surface area contributed by atoms with Crippen LogP contribution in [0.3, 0.4) is 0 Å². The van der Waals surface area contributed by atoms with Crippen molar-refractivity contribution in [2.45, 2.75) is 13.5 Å². The fourth-order valence-electron chi connectivity index (χ4n) is 2.51. The summed E-state index contributed by atoms with van der Waals surface area (Å²) in [7, 11) is 3.74. The Labute approximate surface area is 139 Å². The number of nitrogens with one attached hydrogen (secondary N) is 1. The summed E-state index contributed by atoms with van der Waals surface area (Å²) in [6.45, 7) is 3.86. The Balaban J connectivity index is 1.59. The van der Waals surface area contributed by atoms with Crippen LogP contribution in [-0.2, 0) is 13.6 Å². The molecule has 0 bridgehead atoms. The summed E-state index contributed by atoms with van der Waals surface area (Å²) >= 11 is 0. The molecule has 24 heavy (non-hydrogen) atoms. The molecule has 1 aromatic carbocycles. The zero-order chi connectivity index (χ0) is 17.1. The Hall–Kier alpha value is -2.67. The number of aromatic nitrogens is 4. The highest BCUT2D eigenvalue weighted by Gasteiger charge is 2.09. The van der Waals surface area contributed by atoms with Crippen LogP contribution in [0.15, 0.2) is 35.3 Å². The third-order valence-electron chi connectivity index (χ3n) is 3.80. The molecule has 3 aromatic rings. The monoisotopic (exact) mass is 327 g/mol. The van der Waals surface area contributed by atoms with Crippen molar-refractivity contribution in [3.63, 3.8) is 0 Å². The zero-order valence-electron chi connectivity index (χ0n) is 14.1. The van der Waals surface area contributed by atoms with Gasteiger partial charge in [-0.25, -0.2) is 4.98 Å². The maximum Gasteiger partial charge on any atom is 0.262 e. The number of likely N-dealkylation sites (N-methyl/N-ethyl adjacent to an activating group) is 1. The minimum Gasteiger partial charge on any atom is -0.492 e. The highest BCUT2D eigenvalue weighted by Crippen LogP contribution is 2.12. The molecule has 2 heterocycles. The van der Waals surface area contributed by atoms with Gasteiger partial charge in [0.15, 0.2) is 5.65 Å². The number of ether oxygens (including phenoxy) is 1. The summed E-state index contributed by atoms with van der Waals surface area (Å²) in [6, 6.07) is 7.97. The van der Waals surface area contributed by atoms with Gasteiger partial charge >= 0.3 is 0 Å². The third kappa shape index (κ3) is 3.62. The molecule has 0 radical (unpaired) electrons. The first-order valence-electron chi connectivity index (χ1n) is 7.82. The number of hydrogen-bond donors (Lipinski definition) is 1. The van der Waals surface area contributed by atoms with E-state index in [2.05, 4.69) is 20.0 Å². The fourth-order valence-corrected chi connectivity index (χ4v) is 2.51. The first-order chi connectivity index (χ1) is 11.5. The van der Waals surface area contributed by atoms with Gasteiger partial charge in [0, 0.05) is 13.6 Å². The van der Waals surface area contributed by atoms with Crippen molar-refractivity contribution in [2.75, 3.05) is 20.2 Å². The molecule has 0 saturated carbocycles. The van der Waals surface area contributed by atoms with E-state index in [4.69, 9.17) is 4.74 Å². The summed E-state index contributed by atoms with van der Waals surface area (Å²) in [4.78, 5) is 21.4. The molecular formula is C17H21N5O2. The predicted molar refractivity (Wildman–Crippen MR) is 92.1 cm³/mol. The minimum atomic E-state index is -0.160. The van der Waals surface area contributed by atoms with E-state index in [0.29, 0.717) is 30.0 Å². The summed E-state index contributed by atoms with van der Waals surface area (Å²) in [6.07, 6.45) is 1.53. The number of rotatable bonds is 6. The van der Waals surface area contributed by atoms with Crippen LogP contribution in [0.4, 0.5) is 0 Å². The second kappa shape index (κ2) is 6.84. The van der Waals surface area contributed by atoms with Gasteiger partial charge in [-0.15, -0.1) is 0 Å². The van der Waals surface area contributed by atoms with E-state index >= 15 is 0 Å². The molecule has 0 fully saturated rings. The summed E-state index contributed by atoms with van der Waals surface area (Å²) in [5, 5.41) is 4.57. The number of H-pyrrole nitrogens is 1. The van der Waals surface area contributed by atoms with Crippen LogP contribution in [0.1, 0.15) is 11.4 Å². The van der Waals surface area contributed by atoms with E-state index in [0.717, 1.165) is 12.3 Å². The van der Waals surface area contributed by atoms with E-state index < -0.39 is 0 Å². The van der Waals surface area contributed by atoms with Crippen LogP contribution in [0.2, 0.25) is 0 Å². The maximum absolute atomic E-state index is 12.0. The summed E-state index contributed by atoms with van der Waals surface area (Å²) in [5.74, 6) is 1.49. The molecule has 1 N–H and O–H groups in total. The molecule has 0 unspecified atom stereocenters. The molecule has 7 nitrogen and oxygen atoms in total. The maximum atomic E-state index is 12.0. The Morgan fingerprint density at radius 3 is 3.00 bits per heavy atom. The highest BCUT2D eigenvalue weighted by atomic mass is 16.5. The van der Waals surface area contributed by atoms with Gasteiger partial charge in [-0.05, 0) is 31.7 Å². The van der Waals surface area contributed by atoms with Gasteiger partial charge in [0.25, 0.3) is 5.56 Å². The van der Waals surface area contributed by atoms with E-state index in [1.807, 2.05) is 38.2 Å². The third-order valence-corrected chi connectivity index (χ3v) is 3.80. The van der Waals surface area contributed by atoms with Gasteiger partial charge in [0.1, 0.15) is 23.6 Å². The molecule has 0 aliphatic heterocycles. The molecule has 7 heteroatoms. The normalized spacial score (nSPS) is 11.3. The van der Waals surface area contributed by atoms with Crippen LogP contribution in [0, 0.1) is 6.92 Å². The lowest BCUT2D eigenvalue weighted by Gasteiger charge is -2.16. The van der Waals surface area contributed by atoms with Crippen molar-refractivity contribution in [1.82, 2.24) is 24.6 Å².